The number of aromatic carboxylic acids is 1. The molecule has 29 heavy (non-hydrogen) atoms. The van der Waals surface area contributed by atoms with Crippen LogP contribution in [0.2, 0.25) is 0 Å². The number of aromatic nitrogens is 2. The van der Waals surface area contributed by atoms with Crippen LogP contribution in [0.15, 0.2) is 35.1 Å². The van der Waals surface area contributed by atoms with Crippen molar-refractivity contribution in [1.29, 1.82) is 0 Å². The fraction of sp³-hybridized carbons (Fsp3) is 0.176. The number of carbonyl (C=O) groups is 2. The summed E-state index contributed by atoms with van der Waals surface area (Å²) in [6, 6.07) is 3.29. The number of carboxylic acids is 1. The number of rotatable bonds is 6. The molecule has 2 aromatic heterocycles. The van der Waals surface area contributed by atoms with Gasteiger partial charge in [-0.3, -0.25) is 4.98 Å². The summed E-state index contributed by atoms with van der Waals surface area (Å²) in [5.74, 6) is -3.10. The van der Waals surface area contributed by atoms with Crippen molar-refractivity contribution in [3.05, 3.63) is 41.7 Å². The molecule has 0 saturated carbocycles. The standard InChI is InChI=1S/C17H12F3N3O6/c1-2-27-16(26)10-6-21-12-4-3-8(28-17(18,19)20)5-9(12)13(10)23-14-11(15(24)25)7-22-29-14/h3-7H,2H2,1H3,(H,21,23)(H,24,25). The Morgan fingerprint density at radius 2 is 2.00 bits per heavy atom. The van der Waals surface area contributed by atoms with Gasteiger partial charge in [0.2, 0.25) is 5.88 Å². The third kappa shape index (κ3) is 4.36. The van der Waals surface area contributed by atoms with Gasteiger partial charge in [0.1, 0.15) is 16.9 Å². The largest absolute Gasteiger partial charge is 0.573 e. The summed E-state index contributed by atoms with van der Waals surface area (Å²) in [5.41, 5.74) is -0.393. The van der Waals surface area contributed by atoms with Gasteiger partial charge in [0.15, 0.2) is 0 Å². The summed E-state index contributed by atoms with van der Waals surface area (Å²) in [5, 5.41) is 15.2. The van der Waals surface area contributed by atoms with Gasteiger partial charge < -0.3 is 24.4 Å². The lowest BCUT2D eigenvalue weighted by Crippen LogP contribution is -2.17. The minimum atomic E-state index is -4.94. The molecule has 0 fully saturated rings. The Hall–Kier alpha value is -3.83. The van der Waals surface area contributed by atoms with Gasteiger partial charge in [-0.25, -0.2) is 9.59 Å². The number of carboxylic acid groups (broad SMARTS) is 1. The third-order valence-corrected chi connectivity index (χ3v) is 3.61. The molecule has 3 rings (SSSR count). The number of fused-ring (bicyclic) bond motifs is 1. The van der Waals surface area contributed by atoms with Gasteiger partial charge in [0, 0.05) is 11.6 Å². The van der Waals surface area contributed by atoms with Gasteiger partial charge >= 0.3 is 18.3 Å². The molecule has 2 N–H and O–H groups in total. The van der Waals surface area contributed by atoms with Crippen LogP contribution in [0.25, 0.3) is 10.9 Å². The zero-order valence-electron chi connectivity index (χ0n) is 14.6. The maximum atomic E-state index is 12.6. The molecule has 0 saturated heterocycles. The maximum absolute atomic E-state index is 12.6. The molecular formula is C17H12F3N3O6. The summed E-state index contributed by atoms with van der Waals surface area (Å²) in [4.78, 5) is 27.6. The van der Waals surface area contributed by atoms with Crippen LogP contribution in [-0.2, 0) is 4.74 Å². The Bertz CT molecular complexity index is 1080. The lowest BCUT2D eigenvalue weighted by molar-refractivity contribution is -0.274. The minimum Gasteiger partial charge on any atom is -0.477 e. The Kier molecular flexibility index (Phi) is 5.26. The number of pyridine rings is 1. The Labute approximate surface area is 160 Å². The van der Waals surface area contributed by atoms with E-state index in [0.29, 0.717) is 0 Å². The van der Waals surface area contributed by atoms with E-state index in [1.165, 1.54) is 6.07 Å². The highest BCUT2D eigenvalue weighted by molar-refractivity contribution is 6.07. The van der Waals surface area contributed by atoms with E-state index in [0.717, 1.165) is 24.5 Å². The zero-order valence-corrected chi connectivity index (χ0v) is 14.6. The molecule has 0 atom stereocenters. The molecule has 0 spiro atoms. The second-order valence-corrected chi connectivity index (χ2v) is 5.49. The Balaban J connectivity index is 2.18. The first-order valence-corrected chi connectivity index (χ1v) is 8.00. The van der Waals surface area contributed by atoms with Gasteiger partial charge in [-0.05, 0) is 25.1 Å². The van der Waals surface area contributed by atoms with Crippen molar-refractivity contribution in [2.45, 2.75) is 13.3 Å². The molecule has 0 amide bonds. The molecule has 0 bridgehead atoms. The summed E-state index contributed by atoms with van der Waals surface area (Å²) in [7, 11) is 0. The van der Waals surface area contributed by atoms with Crippen LogP contribution in [-0.4, -0.2) is 40.2 Å². The molecule has 1 aromatic carbocycles. The smallest absolute Gasteiger partial charge is 0.477 e. The second-order valence-electron chi connectivity index (χ2n) is 5.49. The molecule has 2 heterocycles. The molecule has 0 aliphatic heterocycles. The molecule has 0 radical (unpaired) electrons. The molecule has 9 nitrogen and oxygen atoms in total. The number of halogens is 3. The number of esters is 1. The molecule has 0 unspecified atom stereocenters. The van der Waals surface area contributed by atoms with Crippen molar-refractivity contribution in [2.24, 2.45) is 0 Å². The zero-order chi connectivity index (χ0) is 21.2. The summed E-state index contributed by atoms with van der Waals surface area (Å²) < 4.78 is 51.4. The van der Waals surface area contributed by atoms with Crippen molar-refractivity contribution in [3.63, 3.8) is 0 Å². The van der Waals surface area contributed by atoms with E-state index in [2.05, 4.69) is 20.2 Å². The summed E-state index contributed by atoms with van der Waals surface area (Å²) in [6.45, 7) is 1.59. The number of hydrogen-bond donors (Lipinski definition) is 2. The van der Waals surface area contributed by atoms with Gasteiger partial charge in [-0.1, -0.05) is 5.16 Å². The van der Waals surface area contributed by atoms with Crippen molar-refractivity contribution in [2.75, 3.05) is 11.9 Å². The lowest BCUT2D eigenvalue weighted by Gasteiger charge is -2.14. The van der Waals surface area contributed by atoms with Crippen LogP contribution >= 0.6 is 0 Å². The lowest BCUT2D eigenvalue weighted by atomic mass is 10.1. The van der Waals surface area contributed by atoms with E-state index in [1.54, 1.807) is 6.92 Å². The van der Waals surface area contributed by atoms with Crippen molar-refractivity contribution >= 4 is 34.4 Å². The molecular weight excluding hydrogens is 399 g/mol. The predicted octanol–water partition coefficient (Wildman–Crippen LogP) is 3.74. The van der Waals surface area contributed by atoms with E-state index >= 15 is 0 Å². The van der Waals surface area contributed by atoms with Gasteiger partial charge in [0.05, 0.1) is 24.0 Å². The highest BCUT2D eigenvalue weighted by Crippen LogP contribution is 2.34. The summed E-state index contributed by atoms with van der Waals surface area (Å²) >= 11 is 0. The quantitative estimate of drug-likeness (QED) is 0.584. The van der Waals surface area contributed by atoms with Crippen molar-refractivity contribution in [3.8, 4) is 5.75 Å². The number of carbonyl (C=O) groups excluding carboxylic acids is 1. The van der Waals surface area contributed by atoms with Crippen LogP contribution in [0.5, 0.6) is 5.75 Å². The first-order chi connectivity index (χ1) is 13.7. The second kappa shape index (κ2) is 7.66. The van der Waals surface area contributed by atoms with Crippen LogP contribution < -0.4 is 10.1 Å². The van der Waals surface area contributed by atoms with Crippen LogP contribution in [0.1, 0.15) is 27.6 Å². The average molecular weight is 411 g/mol. The maximum Gasteiger partial charge on any atom is 0.573 e. The highest BCUT2D eigenvalue weighted by atomic mass is 19.4. The number of nitrogens with one attached hydrogen (secondary N) is 1. The van der Waals surface area contributed by atoms with E-state index in [-0.39, 0.29) is 40.2 Å². The average Bonchev–Trinajstić information content (AvgIpc) is 3.09. The van der Waals surface area contributed by atoms with E-state index in [4.69, 9.17) is 9.26 Å². The van der Waals surface area contributed by atoms with Gasteiger partial charge in [-0.2, -0.15) is 0 Å². The number of ether oxygens (including phenoxy) is 2. The van der Waals surface area contributed by atoms with Crippen LogP contribution in [0, 0.1) is 0 Å². The molecule has 0 aliphatic rings. The number of hydrogen-bond acceptors (Lipinski definition) is 8. The SMILES string of the molecule is CCOC(=O)c1cnc2ccc(OC(F)(F)F)cc2c1Nc1oncc1C(=O)O. The molecule has 12 heteroatoms. The summed E-state index contributed by atoms with van der Waals surface area (Å²) in [6.07, 6.45) is -2.87. The number of nitrogens with zero attached hydrogens (tertiary/aromatic N) is 2. The van der Waals surface area contributed by atoms with E-state index in [9.17, 15) is 27.9 Å². The Morgan fingerprint density at radius 3 is 2.66 bits per heavy atom. The normalized spacial score (nSPS) is 11.3. The van der Waals surface area contributed by atoms with Gasteiger partial charge in [0.25, 0.3) is 0 Å². The molecule has 0 aliphatic carbocycles. The van der Waals surface area contributed by atoms with Crippen LogP contribution in [0.3, 0.4) is 0 Å². The van der Waals surface area contributed by atoms with Crippen LogP contribution in [0.4, 0.5) is 24.7 Å². The number of anilines is 2. The Morgan fingerprint density at radius 1 is 1.24 bits per heavy atom. The predicted molar refractivity (Wildman–Crippen MR) is 91.1 cm³/mol. The number of benzene rings is 1. The fourth-order valence-corrected chi connectivity index (χ4v) is 2.46. The monoisotopic (exact) mass is 411 g/mol. The fourth-order valence-electron chi connectivity index (χ4n) is 2.46. The minimum absolute atomic E-state index is 0.0240. The molecule has 3 aromatic rings. The van der Waals surface area contributed by atoms with E-state index < -0.39 is 24.1 Å². The topological polar surface area (TPSA) is 124 Å². The first kappa shape index (κ1) is 19.9. The number of alkyl halides is 3. The van der Waals surface area contributed by atoms with Crippen molar-refractivity contribution < 1.29 is 41.9 Å². The van der Waals surface area contributed by atoms with E-state index in [1.807, 2.05) is 0 Å². The van der Waals surface area contributed by atoms with Gasteiger partial charge in [-0.15, -0.1) is 13.2 Å². The third-order valence-electron chi connectivity index (χ3n) is 3.61. The first-order valence-electron chi connectivity index (χ1n) is 8.00. The highest BCUT2D eigenvalue weighted by Gasteiger charge is 2.31. The van der Waals surface area contributed by atoms with Crippen molar-refractivity contribution in [1.82, 2.24) is 10.1 Å². The molecule has 152 valence electrons.